The van der Waals surface area contributed by atoms with Crippen molar-refractivity contribution in [2.24, 2.45) is 0 Å². The van der Waals surface area contributed by atoms with E-state index in [-0.39, 0.29) is 0 Å². The molecule has 6 heteroatoms. The summed E-state index contributed by atoms with van der Waals surface area (Å²) in [6.07, 6.45) is 2.13. The standard InChI is InChI=1S/C12H21N3OS2/c1-10-7-15(8-11-9-17-5-6-18-11)12(14-10)13-3-4-16-2/h7,11H,3-6,8-9H2,1-2H3,(H,13,14). The third-order valence-corrected chi connectivity index (χ3v) is 5.60. The highest BCUT2D eigenvalue weighted by Gasteiger charge is 2.16. The number of aryl methyl sites for hydroxylation is 1. The molecular weight excluding hydrogens is 266 g/mol. The minimum Gasteiger partial charge on any atom is -0.383 e. The van der Waals surface area contributed by atoms with Crippen LogP contribution in [0.25, 0.3) is 0 Å². The number of aromatic nitrogens is 2. The summed E-state index contributed by atoms with van der Waals surface area (Å²) in [7, 11) is 1.72. The Kier molecular flexibility index (Phi) is 5.72. The van der Waals surface area contributed by atoms with Crippen molar-refractivity contribution >= 4 is 29.5 Å². The van der Waals surface area contributed by atoms with E-state index in [0.717, 1.165) is 24.7 Å². The Morgan fingerprint density at radius 3 is 3.17 bits per heavy atom. The molecule has 1 aromatic rings. The van der Waals surface area contributed by atoms with Gasteiger partial charge in [0.15, 0.2) is 0 Å². The van der Waals surface area contributed by atoms with E-state index in [1.165, 1.54) is 17.3 Å². The molecule has 18 heavy (non-hydrogen) atoms. The first kappa shape index (κ1) is 14.1. The average Bonchev–Trinajstić information content (AvgIpc) is 2.71. The molecule has 0 amide bonds. The second-order valence-electron chi connectivity index (χ2n) is 4.35. The van der Waals surface area contributed by atoms with Gasteiger partial charge in [-0.3, -0.25) is 0 Å². The molecule has 2 rings (SSSR count). The Labute approximate surface area is 117 Å². The normalized spacial score (nSPS) is 20.0. The fraction of sp³-hybridized carbons (Fsp3) is 0.750. The average molecular weight is 287 g/mol. The largest absolute Gasteiger partial charge is 0.383 e. The van der Waals surface area contributed by atoms with Gasteiger partial charge in [0.1, 0.15) is 0 Å². The second kappa shape index (κ2) is 7.31. The predicted octanol–water partition coefficient (Wildman–Crippen LogP) is 2.10. The molecule has 1 aliphatic heterocycles. The van der Waals surface area contributed by atoms with E-state index < -0.39 is 0 Å². The number of methoxy groups -OCH3 is 1. The minimum absolute atomic E-state index is 0.708. The zero-order valence-electron chi connectivity index (χ0n) is 11.0. The topological polar surface area (TPSA) is 39.1 Å². The van der Waals surface area contributed by atoms with Crippen molar-refractivity contribution in [1.29, 1.82) is 0 Å². The Balaban J connectivity index is 1.93. The highest BCUT2D eigenvalue weighted by molar-refractivity contribution is 8.06. The van der Waals surface area contributed by atoms with Crippen molar-refractivity contribution < 1.29 is 4.74 Å². The van der Waals surface area contributed by atoms with Gasteiger partial charge in [-0.1, -0.05) is 0 Å². The molecule has 1 unspecified atom stereocenters. The number of hydrogen-bond acceptors (Lipinski definition) is 5. The molecule has 1 atom stereocenters. The Morgan fingerprint density at radius 1 is 1.56 bits per heavy atom. The number of hydrogen-bond donors (Lipinski definition) is 1. The van der Waals surface area contributed by atoms with Crippen LogP contribution in [0.2, 0.25) is 0 Å². The zero-order chi connectivity index (χ0) is 12.8. The Morgan fingerprint density at radius 2 is 2.44 bits per heavy atom. The van der Waals surface area contributed by atoms with Crippen LogP contribution in [-0.4, -0.2) is 52.3 Å². The maximum absolute atomic E-state index is 5.05. The number of rotatable bonds is 6. The van der Waals surface area contributed by atoms with E-state index in [2.05, 4.69) is 44.6 Å². The summed E-state index contributed by atoms with van der Waals surface area (Å²) < 4.78 is 7.30. The lowest BCUT2D eigenvalue weighted by molar-refractivity contribution is 0.210. The van der Waals surface area contributed by atoms with Crippen molar-refractivity contribution in [2.45, 2.75) is 18.7 Å². The van der Waals surface area contributed by atoms with Crippen molar-refractivity contribution in [3.8, 4) is 0 Å². The van der Waals surface area contributed by atoms with Crippen molar-refractivity contribution in [2.75, 3.05) is 42.8 Å². The van der Waals surface area contributed by atoms with Crippen LogP contribution < -0.4 is 5.32 Å². The highest BCUT2D eigenvalue weighted by atomic mass is 32.2. The molecule has 0 radical (unpaired) electrons. The van der Waals surface area contributed by atoms with E-state index in [4.69, 9.17) is 4.74 Å². The molecule has 0 saturated carbocycles. The molecule has 0 aliphatic carbocycles. The van der Waals surface area contributed by atoms with E-state index in [1.807, 2.05) is 6.92 Å². The van der Waals surface area contributed by atoms with E-state index in [0.29, 0.717) is 11.9 Å². The fourth-order valence-corrected chi connectivity index (χ4v) is 4.62. The van der Waals surface area contributed by atoms with Gasteiger partial charge in [0.05, 0.1) is 12.3 Å². The van der Waals surface area contributed by atoms with E-state index in [1.54, 1.807) is 7.11 Å². The lowest BCUT2D eigenvalue weighted by Gasteiger charge is -2.22. The number of thioether (sulfide) groups is 2. The van der Waals surface area contributed by atoms with Crippen LogP contribution >= 0.6 is 23.5 Å². The van der Waals surface area contributed by atoms with Gasteiger partial charge in [0, 0.05) is 48.9 Å². The molecule has 1 aromatic heterocycles. The highest BCUT2D eigenvalue weighted by Crippen LogP contribution is 2.26. The summed E-state index contributed by atoms with van der Waals surface area (Å²) in [4.78, 5) is 4.53. The Bertz CT molecular complexity index is 364. The molecule has 1 N–H and O–H groups in total. The van der Waals surface area contributed by atoms with Crippen LogP contribution in [0.3, 0.4) is 0 Å². The van der Waals surface area contributed by atoms with Gasteiger partial charge in [-0.25, -0.2) is 4.98 Å². The van der Waals surface area contributed by atoms with Crippen LogP contribution in [0.15, 0.2) is 6.20 Å². The van der Waals surface area contributed by atoms with Crippen LogP contribution in [-0.2, 0) is 11.3 Å². The summed E-state index contributed by atoms with van der Waals surface area (Å²) in [6, 6.07) is 0. The molecule has 2 heterocycles. The molecule has 0 bridgehead atoms. The quantitative estimate of drug-likeness (QED) is 0.811. The van der Waals surface area contributed by atoms with Gasteiger partial charge in [0.25, 0.3) is 0 Å². The van der Waals surface area contributed by atoms with Crippen molar-refractivity contribution in [3.63, 3.8) is 0 Å². The monoisotopic (exact) mass is 287 g/mol. The lowest BCUT2D eigenvalue weighted by Crippen LogP contribution is -2.22. The van der Waals surface area contributed by atoms with Crippen molar-refractivity contribution in [1.82, 2.24) is 9.55 Å². The number of anilines is 1. The maximum Gasteiger partial charge on any atom is 0.203 e. The fourth-order valence-electron chi connectivity index (χ4n) is 1.95. The van der Waals surface area contributed by atoms with Crippen LogP contribution in [0.1, 0.15) is 5.69 Å². The molecule has 4 nitrogen and oxygen atoms in total. The van der Waals surface area contributed by atoms with E-state index >= 15 is 0 Å². The smallest absolute Gasteiger partial charge is 0.203 e. The predicted molar refractivity (Wildman–Crippen MR) is 80.9 cm³/mol. The van der Waals surface area contributed by atoms with Gasteiger partial charge in [-0.2, -0.15) is 23.5 Å². The molecule has 102 valence electrons. The number of imidazole rings is 1. The second-order valence-corrected chi connectivity index (χ2v) is 6.90. The first-order valence-electron chi connectivity index (χ1n) is 6.25. The number of nitrogens with zero attached hydrogens (tertiary/aromatic N) is 2. The molecule has 0 spiro atoms. The van der Waals surface area contributed by atoms with Gasteiger partial charge in [-0.05, 0) is 6.92 Å². The zero-order valence-corrected chi connectivity index (χ0v) is 12.6. The van der Waals surface area contributed by atoms with Gasteiger partial charge < -0.3 is 14.6 Å². The molecule has 1 fully saturated rings. The van der Waals surface area contributed by atoms with Crippen LogP contribution in [0.5, 0.6) is 0 Å². The number of nitrogens with one attached hydrogen (secondary N) is 1. The third-order valence-electron chi connectivity index (χ3n) is 2.77. The molecular formula is C12H21N3OS2. The molecule has 1 aliphatic rings. The number of ether oxygens (including phenoxy) is 1. The van der Waals surface area contributed by atoms with Gasteiger partial charge in [-0.15, -0.1) is 0 Å². The van der Waals surface area contributed by atoms with Crippen LogP contribution in [0, 0.1) is 6.92 Å². The first-order chi connectivity index (χ1) is 8.79. The molecule has 1 saturated heterocycles. The Hall–Kier alpha value is -0.330. The molecule has 0 aromatic carbocycles. The van der Waals surface area contributed by atoms with E-state index in [9.17, 15) is 0 Å². The lowest BCUT2D eigenvalue weighted by atomic mass is 10.4. The first-order valence-corrected chi connectivity index (χ1v) is 8.46. The summed E-state index contributed by atoms with van der Waals surface area (Å²) in [5.41, 5.74) is 1.07. The summed E-state index contributed by atoms with van der Waals surface area (Å²) in [5.74, 6) is 4.79. The summed E-state index contributed by atoms with van der Waals surface area (Å²) in [5, 5.41) is 4.04. The summed E-state index contributed by atoms with van der Waals surface area (Å²) in [6.45, 7) is 4.61. The van der Waals surface area contributed by atoms with Gasteiger partial charge in [0.2, 0.25) is 5.95 Å². The van der Waals surface area contributed by atoms with Crippen LogP contribution in [0.4, 0.5) is 5.95 Å². The third kappa shape index (κ3) is 4.10. The van der Waals surface area contributed by atoms with Crippen molar-refractivity contribution in [3.05, 3.63) is 11.9 Å². The van der Waals surface area contributed by atoms with Gasteiger partial charge >= 0.3 is 0 Å². The maximum atomic E-state index is 5.05. The summed E-state index contributed by atoms with van der Waals surface area (Å²) >= 11 is 4.14. The minimum atomic E-state index is 0.708. The SMILES string of the molecule is COCCNc1nc(C)cn1CC1CSCCS1.